The molecule has 0 saturated carbocycles. The average molecular weight is 276 g/mol. The topological polar surface area (TPSA) is 52.6 Å². The van der Waals surface area contributed by atoms with E-state index >= 15 is 0 Å². The third-order valence-electron chi connectivity index (χ3n) is 3.91. The van der Waals surface area contributed by atoms with Gasteiger partial charge in [-0.05, 0) is 38.8 Å². The van der Waals surface area contributed by atoms with Crippen molar-refractivity contribution in [2.45, 2.75) is 38.8 Å². The molecule has 2 N–H and O–H groups in total. The molecule has 1 saturated heterocycles. The second kappa shape index (κ2) is 6.86. The Balaban J connectivity index is 1.98. The number of carbonyl (C=O) groups excluding carboxylic acids is 1. The van der Waals surface area contributed by atoms with Gasteiger partial charge < -0.3 is 15.3 Å². The number of aryl methyl sites for hydroxylation is 1. The number of hydrogen-bond acceptors (Lipinski definition) is 3. The smallest absolute Gasteiger partial charge is 0.239 e. The fraction of sp³-hybridized carbons (Fsp3) is 0.562. The minimum atomic E-state index is -0.624. The molecule has 2 atom stereocenters. The van der Waals surface area contributed by atoms with Crippen molar-refractivity contribution in [1.29, 1.82) is 0 Å². The van der Waals surface area contributed by atoms with E-state index in [1.54, 1.807) is 4.90 Å². The zero-order valence-electron chi connectivity index (χ0n) is 12.3. The van der Waals surface area contributed by atoms with E-state index in [1.807, 2.05) is 38.1 Å². The molecule has 0 bridgehead atoms. The summed E-state index contributed by atoms with van der Waals surface area (Å²) in [5.74, 6) is 0.108. The van der Waals surface area contributed by atoms with Crippen molar-refractivity contribution < 1.29 is 9.90 Å². The summed E-state index contributed by atoms with van der Waals surface area (Å²) in [4.78, 5) is 14.1. The summed E-state index contributed by atoms with van der Waals surface area (Å²) in [6, 6.07) is 7.74. The van der Waals surface area contributed by atoms with Crippen LogP contribution in [0.1, 0.15) is 37.0 Å². The molecule has 1 fully saturated rings. The lowest BCUT2D eigenvalue weighted by Gasteiger charge is -2.27. The van der Waals surface area contributed by atoms with Gasteiger partial charge in [-0.3, -0.25) is 4.79 Å². The number of amides is 1. The highest BCUT2D eigenvalue weighted by atomic mass is 16.3. The maximum atomic E-state index is 12.3. The second-order valence-electron chi connectivity index (χ2n) is 5.45. The molecule has 1 amide bonds. The highest BCUT2D eigenvalue weighted by Crippen LogP contribution is 2.17. The highest BCUT2D eigenvalue weighted by molar-refractivity contribution is 5.82. The number of nitrogens with zero attached hydrogens (tertiary/aromatic N) is 1. The molecule has 4 heteroatoms. The van der Waals surface area contributed by atoms with E-state index in [9.17, 15) is 9.90 Å². The predicted molar refractivity (Wildman–Crippen MR) is 79.4 cm³/mol. The van der Waals surface area contributed by atoms with Crippen molar-refractivity contribution in [3.05, 3.63) is 35.4 Å². The number of aliphatic hydroxyl groups excluding tert-OH is 1. The van der Waals surface area contributed by atoms with Crippen molar-refractivity contribution in [1.82, 2.24) is 10.2 Å². The lowest BCUT2D eigenvalue weighted by atomic mass is 10.1. The quantitative estimate of drug-likeness (QED) is 0.859. The zero-order chi connectivity index (χ0) is 14.5. The van der Waals surface area contributed by atoms with Crippen molar-refractivity contribution >= 4 is 5.91 Å². The summed E-state index contributed by atoms with van der Waals surface area (Å²) in [5.41, 5.74) is 2.03. The number of likely N-dealkylation sites (N-methyl/N-ethyl adjacent to an activating group) is 1. The van der Waals surface area contributed by atoms with Gasteiger partial charge in [-0.2, -0.15) is 0 Å². The fourth-order valence-electron chi connectivity index (χ4n) is 2.59. The Morgan fingerprint density at radius 3 is 2.70 bits per heavy atom. The van der Waals surface area contributed by atoms with Crippen LogP contribution in [-0.4, -0.2) is 41.6 Å². The summed E-state index contributed by atoms with van der Waals surface area (Å²) >= 11 is 0. The first-order valence-electron chi connectivity index (χ1n) is 7.38. The molecular formula is C16H24N2O2. The van der Waals surface area contributed by atoms with Gasteiger partial charge in [0.2, 0.25) is 5.91 Å². The number of benzene rings is 1. The summed E-state index contributed by atoms with van der Waals surface area (Å²) in [6.45, 7) is 5.86. The summed E-state index contributed by atoms with van der Waals surface area (Å²) in [5, 5.41) is 13.5. The minimum absolute atomic E-state index is 0.0693. The SMILES string of the molecule is CCN(CC(O)c1ccc(C)cc1)C(=O)C1CCCN1. The van der Waals surface area contributed by atoms with Crippen LogP contribution in [0.5, 0.6) is 0 Å². The molecule has 0 aliphatic carbocycles. The molecule has 110 valence electrons. The molecule has 0 aromatic heterocycles. The summed E-state index contributed by atoms with van der Waals surface area (Å²) < 4.78 is 0. The van der Waals surface area contributed by atoms with Gasteiger partial charge in [-0.1, -0.05) is 29.8 Å². The van der Waals surface area contributed by atoms with Gasteiger partial charge in [-0.25, -0.2) is 0 Å². The zero-order valence-corrected chi connectivity index (χ0v) is 12.3. The van der Waals surface area contributed by atoms with Crippen LogP contribution in [0.4, 0.5) is 0 Å². The normalized spacial score (nSPS) is 19.9. The van der Waals surface area contributed by atoms with Gasteiger partial charge in [0, 0.05) is 6.54 Å². The average Bonchev–Trinajstić information content (AvgIpc) is 2.98. The van der Waals surface area contributed by atoms with Crippen LogP contribution in [0.3, 0.4) is 0 Å². The van der Waals surface area contributed by atoms with Crippen LogP contribution in [0, 0.1) is 6.92 Å². The molecule has 1 aromatic rings. The lowest BCUT2D eigenvalue weighted by molar-refractivity contribution is -0.134. The van der Waals surface area contributed by atoms with E-state index < -0.39 is 6.10 Å². The molecule has 1 aromatic carbocycles. The third-order valence-corrected chi connectivity index (χ3v) is 3.91. The largest absolute Gasteiger partial charge is 0.387 e. The van der Waals surface area contributed by atoms with Gasteiger partial charge in [0.1, 0.15) is 0 Å². The van der Waals surface area contributed by atoms with Crippen LogP contribution in [0.2, 0.25) is 0 Å². The summed E-state index contributed by atoms with van der Waals surface area (Å²) in [7, 11) is 0. The maximum absolute atomic E-state index is 12.3. The molecule has 0 spiro atoms. The molecular weight excluding hydrogens is 252 g/mol. The Morgan fingerprint density at radius 2 is 2.15 bits per heavy atom. The first-order chi connectivity index (χ1) is 9.61. The Hall–Kier alpha value is -1.39. The minimum Gasteiger partial charge on any atom is -0.387 e. The second-order valence-corrected chi connectivity index (χ2v) is 5.45. The Kier molecular flexibility index (Phi) is 5.15. The van der Waals surface area contributed by atoms with E-state index in [0.717, 1.165) is 24.9 Å². The van der Waals surface area contributed by atoms with Crippen molar-refractivity contribution in [2.75, 3.05) is 19.6 Å². The molecule has 1 aliphatic rings. The van der Waals surface area contributed by atoms with Crippen LogP contribution >= 0.6 is 0 Å². The lowest BCUT2D eigenvalue weighted by Crippen LogP contribution is -2.45. The van der Waals surface area contributed by atoms with Crippen LogP contribution in [0.25, 0.3) is 0 Å². The van der Waals surface area contributed by atoms with Crippen molar-refractivity contribution in [3.8, 4) is 0 Å². The summed E-state index contributed by atoms with van der Waals surface area (Å²) in [6.07, 6.45) is 1.32. The Labute approximate surface area is 120 Å². The molecule has 2 unspecified atom stereocenters. The molecule has 2 rings (SSSR count). The molecule has 0 radical (unpaired) electrons. The van der Waals surface area contributed by atoms with Crippen LogP contribution < -0.4 is 5.32 Å². The number of rotatable bonds is 5. The Bertz CT molecular complexity index is 438. The fourth-order valence-corrected chi connectivity index (χ4v) is 2.59. The van der Waals surface area contributed by atoms with Crippen molar-refractivity contribution in [2.24, 2.45) is 0 Å². The van der Waals surface area contributed by atoms with E-state index in [1.165, 1.54) is 5.56 Å². The van der Waals surface area contributed by atoms with E-state index in [-0.39, 0.29) is 11.9 Å². The first kappa shape index (κ1) is 15.0. The third kappa shape index (κ3) is 3.58. The molecule has 1 aliphatic heterocycles. The Morgan fingerprint density at radius 1 is 1.45 bits per heavy atom. The maximum Gasteiger partial charge on any atom is 0.239 e. The molecule has 20 heavy (non-hydrogen) atoms. The standard InChI is InChI=1S/C16H24N2O2/c1-3-18(16(20)14-5-4-10-17-14)11-15(19)13-8-6-12(2)7-9-13/h6-9,14-15,17,19H,3-5,10-11H2,1-2H3. The van der Waals surface area contributed by atoms with Crippen LogP contribution in [0.15, 0.2) is 24.3 Å². The van der Waals surface area contributed by atoms with E-state index in [4.69, 9.17) is 0 Å². The number of carbonyl (C=O) groups is 1. The van der Waals surface area contributed by atoms with Gasteiger partial charge in [0.05, 0.1) is 18.7 Å². The number of aliphatic hydroxyl groups is 1. The van der Waals surface area contributed by atoms with Gasteiger partial charge in [0.25, 0.3) is 0 Å². The predicted octanol–water partition coefficient (Wildman–Crippen LogP) is 1.63. The van der Waals surface area contributed by atoms with E-state index in [0.29, 0.717) is 13.1 Å². The number of hydrogen-bond donors (Lipinski definition) is 2. The molecule has 4 nitrogen and oxygen atoms in total. The van der Waals surface area contributed by atoms with Gasteiger partial charge >= 0.3 is 0 Å². The van der Waals surface area contributed by atoms with Gasteiger partial charge in [-0.15, -0.1) is 0 Å². The van der Waals surface area contributed by atoms with Crippen molar-refractivity contribution in [3.63, 3.8) is 0 Å². The monoisotopic (exact) mass is 276 g/mol. The molecule has 1 heterocycles. The van der Waals surface area contributed by atoms with Gasteiger partial charge in [0.15, 0.2) is 0 Å². The van der Waals surface area contributed by atoms with Crippen LogP contribution in [-0.2, 0) is 4.79 Å². The highest BCUT2D eigenvalue weighted by Gasteiger charge is 2.27. The van der Waals surface area contributed by atoms with E-state index in [2.05, 4.69) is 5.32 Å². The first-order valence-corrected chi connectivity index (χ1v) is 7.38. The number of nitrogens with one attached hydrogen (secondary N) is 1.